The largest absolute Gasteiger partial charge is 0.416 e. The van der Waals surface area contributed by atoms with E-state index in [4.69, 9.17) is 0 Å². The van der Waals surface area contributed by atoms with Gasteiger partial charge in [-0.25, -0.2) is 0 Å². The highest BCUT2D eigenvalue weighted by molar-refractivity contribution is 8.04. The molecule has 174 valence electrons. The lowest BCUT2D eigenvalue weighted by Crippen LogP contribution is -2.35. The molecule has 2 aromatic rings. The van der Waals surface area contributed by atoms with E-state index >= 15 is 0 Å². The van der Waals surface area contributed by atoms with E-state index in [9.17, 15) is 22.8 Å². The van der Waals surface area contributed by atoms with Crippen molar-refractivity contribution in [2.75, 3.05) is 11.9 Å². The summed E-state index contributed by atoms with van der Waals surface area (Å²) in [4.78, 5) is 28.4. The number of benzene rings is 2. The summed E-state index contributed by atoms with van der Waals surface area (Å²) in [5, 5.41) is 3.12. The van der Waals surface area contributed by atoms with Gasteiger partial charge in [0.1, 0.15) is 0 Å². The standard InChI is InChI=1S/C25H25F3N2O2S/c1-30-20-15-17(23(31)29-19-6-4-2-3-5-7-19)10-13-21(20)33-22(24(30)32)14-16-8-11-18(12-9-16)25(26,27)28/h8-15,19H,2-7H2,1H3,(H,29,31). The fourth-order valence-electron chi connectivity index (χ4n) is 4.15. The average Bonchev–Trinajstić information content (AvgIpc) is 3.05. The smallest absolute Gasteiger partial charge is 0.349 e. The Kier molecular flexibility index (Phi) is 6.83. The third-order valence-corrected chi connectivity index (χ3v) is 7.12. The molecule has 1 saturated carbocycles. The number of rotatable bonds is 3. The number of halogens is 3. The number of carbonyl (C=O) groups is 2. The molecule has 1 aliphatic carbocycles. The summed E-state index contributed by atoms with van der Waals surface area (Å²) in [6, 6.07) is 10.2. The van der Waals surface area contributed by atoms with Crippen molar-refractivity contribution in [3.05, 3.63) is 64.1 Å². The average molecular weight is 475 g/mol. The van der Waals surface area contributed by atoms with Gasteiger partial charge in [0, 0.05) is 23.5 Å². The van der Waals surface area contributed by atoms with E-state index in [2.05, 4.69) is 5.32 Å². The topological polar surface area (TPSA) is 49.4 Å². The number of likely N-dealkylation sites (N-methyl/N-ethyl adjacent to an activating group) is 1. The van der Waals surface area contributed by atoms with Crippen LogP contribution in [0.15, 0.2) is 52.3 Å². The van der Waals surface area contributed by atoms with Gasteiger partial charge in [0.05, 0.1) is 16.2 Å². The van der Waals surface area contributed by atoms with Crippen molar-refractivity contribution in [2.24, 2.45) is 0 Å². The Morgan fingerprint density at radius 2 is 1.73 bits per heavy atom. The van der Waals surface area contributed by atoms with Gasteiger partial charge in [-0.3, -0.25) is 9.59 Å². The Hall–Kier alpha value is -2.74. The molecule has 0 unspecified atom stereocenters. The van der Waals surface area contributed by atoms with Crippen LogP contribution in [-0.2, 0) is 11.0 Å². The summed E-state index contributed by atoms with van der Waals surface area (Å²) in [6.45, 7) is 0. The number of thioether (sulfide) groups is 1. The van der Waals surface area contributed by atoms with Crippen LogP contribution in [0.3, 0.4) is 0 Å². The molecular weight excluding hydrogens is 449 g/mol. The van der Waals surface area contributed by atoms with E-state index in [0.29, 0.717) is 21.7 Å². The maximum Gasteiger partial charge on any atom is 0.416 e. The fourth-order valence-corrected chi connectivity index (χ4v) is 5.24. The normalized spacial score (nSPS) is 18.7. The van der Waals surface area contributed by atoms with E-state index in [0.717, 1.165) is 42.7 Å². The van der Waals surface area contributed by atoms with Gasteiger partial charge in [0.2, 0.25) is 0 Å². The first-order valence-electron chi connectivity index (χ1n) is 11.0. The lowest BCUT2D eigenvalue weighted by atomic mass is 10.1. The van der Waals surface area contributed by atoms with Gasteiger partial charge in [0.25, 0.3) is 11.8 Å². The minimum Gasteiger partial charge on any atom is -0.349 e. The molecule has 0 aromatic heterocycles. The second kappa shape index (κ2) is 9.63. The molecule has 1 heterocycles. The molecule has 0 spiro atoms. The van der Waals surface area contributed by atoms with Crippen molar-refractivity contribution in [1.29, 1.82) is 0 Å². The second-order valence-corrected chi connectivity index (χ2v) is 9.52. The first-order valence-corrected chi connectivity index (χ1v) is 11.8. The zero-order chi connectivity index (χ0) is 23.6. The summed E-state index contributed by atoms with van der Waals surface area (Å²) in [6.07, 6.45) is 3.81. The summed E-state index contributed by atoms with van der Waals surface area (Å²) in [5.41, 5.74) is 0.927. The predicted octanol–water partition coefficient (Wildman–Crippen LogP) is 6.27. The van der Waals surface area contributed by atoms with Crippen molar-refractivity contribution < 1.29 is 22.8 Å². The predicted molar refractivity (Wildman–Crippen MR) is 124 cm³/mol. The van der Waals surface area contributed by atoms with Crippen LogP contribution in [0.5, 0.6) is 0 Å². The molecule has 4 rings (SSSR count). The number of nitrogens with zero attached hydrogens (tertiary/aromatic N) is 1. The number of hydrogen-bond donors (Lipinski definition) is 1. The molecule has 1 fully saturated rings. The lowest BCUT2D eigenvalue weighted by molar-refractivity contribution is -0.137. The molecule has 2 amide bonds. The van der Waals surface area contributed by atoms with Crippen molar-refractivity contribution in [2.45, 2.75) is 55.6 Å². The number of alkyl halides is 3. The van der Waals surface area contributed by atoms with Crippen LogP contribution in [0.4, 0.5) is 18.9 Å². The van der Waals surface area contributed by atoms with Gasteiger partial charge in [-0.05, 0) is 54.8 Å². The molecule has 2 aromatic carbocycles. The van der Waals surface area contributed by atoms with Crippen molar-refractivity contribution in [1.82, 2.24) is 5.32 Å². The number of anilines is 1. The maximum absolute atomic E-state index is 12.9. The highest BCUT2D eigenvalue weighted by Crippen LogP contribution is 2.42. The molecule has 1 aliphatic heterocycles. The van der Waals surface area contributed by atoms with E-state index < -0.39 is 11.7 Å². The SMILES string of the molecule is CN1C(=O)C(=Cc2ccc(C(F)(F)F)cc2)Sc2ccc(C(=O)NC3CCCCCC3)cc21. The van der Waals surface area contributed by atoms with Gasteiger partial charge < -0.3 is 10.2 Å². The molecule has 2 aliphatic rings. The van der Waals surface area contributed by atoms with E-state index in [1.807, 2.05) is 6.07 Å². The third kappa shape index (κ3) is 5.43. The highest BCUT2D eigenvalue weighted by Gasteiger charge is 2.30. The Labute approximate surface area is 195 Å². The van der Waals surface area contributed by atoms with Gasteiger partial charge >= 0.3 is 6.18 Å². The van der Waals surface area contributed by atoms with Crippen LogP contribution in [0, 0.1) is 0 Å². The van der Waals surface area contributed by atoms with Crippen molar-refractivity contribution in [3.63, 3.8) is 0 Å². The Balaban J connectivity index is 1.52. The minimum absolute atomic E-state index is 0.137. The quantitative estimate of drug-likeness (QED) is 0.422. The molecular formula is C25H25F3N2O2S. The van der Waals surface area contributed by atoms with Crippen LogP contribution in [0.2, 0.25) is 0 Å². The second-order valence-electron chi connectivity index (χ2n) is 8.44. The minimum atomic E-state index is -4.40. The highest BCUT2D eigenvalue weighted by atomic mass is 32.2. The lowest BCUT2D eigenvalue weighted by Gasteiger charge is -2.27. The zero-order valence-corrected chi connectivity index (χ0v) is 19.1. The molecule has 0 atom stereocenters. The third-order valence-electron chi connectivity index (χ3n) is 6.04. The molecule has 4 nitrogen and oxygen atoms in total. The molecule has 0 saturated heterocycles. The van der Waals surface area contributed by atoms with Crippen molar-refractivity contribution >= 4 is 35.3 Å². The molecule has 8 heteroatoms. The number of amides is 2. The molecule has 1 N–H and O–H groups in total. The van der Waals surface area contributed by atoms with Crippen LogP contribution < -0.4 is 10.2 Å². The van der Waals surface area contributed by atoms with Gasteiger partial charge in [-0.2, -0.15) is 13.2 Å². The molecule has 0 bridgehead atoms. The Morgan fingerprint density at radius 3 is 2.36 bits per heavy atom. The monoisotopic (exact) mass is 474 g/mol. The van der Waals surface area contributed by atoms with E-state index in [1.165, 1.54) is 41.6 Å². The Bertz CT molecular complexity index is 1070. The first-order chi connectivity index (χ1) is 15.7. The summed E-state index contributed by atoms with van der Waals surface area (Å²) >= 11 is 1.25. The van der Waals surface area contributed by atoms with E-state index in [1.54, 1.807) is 25.3 Å². The summed E-state index contributed by atoms with van der Waals surface area (Å²) in [7, 11) is 1.63. The first kappa shape index (κ1) is 23.4. The number of carbonyl (C=O) groups excluding carboxylic acids is 2. The van der Waals surface area contributed by atoms with Crippen molar-refractivity contribution in [3.8, 4) is 0 Å². The zero-order valence-electron chi connectivity index (χ0n) is 18.2. The van der Waals surface area contributed by atoms with Crippen LogP contribution in [0.1, 0.15) is 60.0 Å². The summed E-state index contributed by atoms with van der Waals surface area (Å²) in [5.74, 6) is -0.407. The van der Waals surface area contributed by atoms with Crippen LogP contribution >= 0.6 is 11.8 Å². The fraction of sp³-hybridized carbons (Fsp3) is 0.360. The Morgan fingerprint density at radius 1 is 1.06 bits per heavy atom. The number of hydrogen-bond acceptors (Lipinski definition) is 3. The molecule has 33 heavy (non-hydrogen) atoms. The van der Waals surface area contributed by atoms with Gasteiger partial charge in [0.15, 0.2) is 0 Å². The van der Waals surface area contributed by atoms with Crippen LogP contribution in [0.25, 0.3) is 6.08 Å². The number of fused-ring (bicyclic) bond motifs is 1. The summed E-state index contributed by atoms with van der Waals surface area (Å²) < 4.78 is 38.4. The number of nitrogens with one attached hydrogen (secondary N) is 1. The van der Waals surface area contributed by atoms with E-state index in [-0.39, 0.29) is 17.9 Å². The van der Waals surface area contributed by atoms with Crippen LogP contribution in [-0.4, -0.2) is 24.9 Å². The van der Waals surface area contributed by atoms with Gasteiger partial charge in [-0.15, -0.1) is 0 Å². The van der Waals surface area contributed by atoms with Gasteiger partial charge in [-0.1, -0.05) is 49.6 Å². The molecule has 0 radical (unpaired) electrons. The maximum atomic E-state index is 12.9.